The quantitative estimate of drug-likeness (QED) is 0.843. The second-order valence-electron chi connectivity index (χ2n) is 4.49. The highest BCUT2D eigenvalue weighted by Crippen LogP contribution is 2.26. The van der Waals surface area contributed by atoms with Gasteiger partial charge in [-0.05, 0) is 44.7 Å². The molecule has 0 saturated heterocycles. The van der Waals surface area contributed by atoms with Gasteiger partial charge in [0, 0.05) is 22.7 Å². The highest BCUT2D eigenvalue weighted by Gasteiger charge is 2.16. The Bertz CT molecular complexity index is 421. The van der Waals surface area contributed by atoms with Crippen molar-refractivity contribution in [2.45, 2.75) is 26.4 Å². The fourth-order valence-corrected chi connectivity index (χ4v) is 2.29. The minimum Gasteiger partial charge on any atom is -0.368 e. The van der Waals surface area contributed by atoms with E-state index >= 15 is 0 Å². The molecule has 0 spiro atoms. The standard InChI is InChI=1S/C13H20BrN3O/c1-9(2)17(8-13(15)18)12-5-4-11(14)6-10(12)7-16-3/h4-6,9,16H,7-8H2,1-3H3,(H2,15,18). The molecule has 0 heterocycles. The molecule has 0 aliphatic heterocycles. The molecule has 0 aromatic heterocycles. The van der Waals surface area contributed by atoms with Crippen LogP contribution in [0.2, 0.25) is 0 Å². The number of benzene rings is 1. The summed E-state index contributed by atoms with van der Waals surface area (Å²) in [6.07, 6.45) is 0. The molecule has 1 aromatic carbocycles. The third kappa shape index (κ3) is 3.99. The van der Waals surface area contributed by atoms with Crippen molar-refractivity contribution in [3.63, 3.8) is 0 Å². The first-order chi connectivity index (χ1) is 8.45. The summed E-state index contributed by atoms with van der Waals surface area (Å²) in [5.74, 6) is -0.318. The van der Waals surface area contributed by atoms with E-state index in [1.54, 1.807) is 0 Å². The van der Waals surface area contributed by atoms with E-state index in [9.17, 15) is 4.79 Å². The molecular formula is C13H20BrN3O. The van der Waals surface area contributed by atoms with Gasteiger partial charge in [-0.25, -0.2) is 0 Å². The van der Waals surface area contributed by atoms with Gasteiger partial charge in [0.15, 0.2) is 0 Å². The molecule has 100 valence electrons. The lowest BCUT2D eigenvalue weighted by molar-refractivity contribution is -0.116. The predicted octanol–water partition coefficient (Wildman–Crippen LogP) is 1.87. The van der Waals surface area contributed by atoms with Crippen LogP contribution in [0.25, 0.3) is 0 Å². The van der Waals surface area contributed by atoms with E-state index in [4.69, 9.17) is 5.73 Å². The van der Waals surface area contributed by atoms with Crippen molar-refractivity contribution >= 4 is 27.5 Å². The molecule has 5 heteroatoms. The van der Waals surface area contributed by atoms with Crippen LogP contribution in [0.3, 0.4) is 0 Å². The summed E-state index contributed by atoms with van der Waals surface area (Å²) in [5.41, 5.74) is 7.50. The highest BCUT2D eigenvalue weighted by molar-refractivity contribution is 9.10. The van der Waals surface area contributed by atoms with Crippen molar-refractivity contribution in [3.8, 4) is 0 Å². The molecule has 4 nitrogen and oxygen atoms in total. The molecule has 3 N–H and O–H groups in total. The van der Waals surface area contributed by atoms with Crippen LogP contribution >= 0.6 is 15.9 Å². The lowest BCUT2D eigenvalue weighted by Crippen LogP contribution is -2.39. The van der Waals surface area contributed by atoms with E-state index < -0.39 is 0 Å². The molecule has 0 radical (unpaired) electrons. The van der Waals surface area contributed by atoms with E-state index in [-0.39, 0.29) is 18.5 Å². The summed E-state index contributed by atoms with van der Waals surface area (Å²) >= 11 is 3.47. The molecular weight excluding hydrogens is 294 g/mol. The Morgan fingerprint density at radius 1 is 1.50 bits per heavy atom. The Kier molecular flexibility index (Phi) is 5.62. The van der Waals surface area contributed by atoms with Crippen molar-refractivity contribution in [1.82, 2.24) is 5.32 Å². The van der Waals surface area contributed by atoms with Gasteiger partial charge in [-0.1, -0.05) is 15.9 Å². The van der Waals surface area contributed by atoms with Crippen LogP contribution in [0.4, 0.5) is 5.69 Å². The average molecular weight is 314 g/mol. The van der Waals surface area contributed by atoms with E-state index in [0.29, 0.717) is 0 Å². The number of carbonyl (C=O) groups excluding carboxylic acids is 1. The maximum Gasteiger partial charge on any atom is 0.236 e. The number of hydrogen-bond acceptors (Lipinski definition) is 3. The number of hydrogen-bond donors (Lipinski definition) is 2. The Morgan fingerprint density at radius 3 is 2.67 bits per heavy atom. The zero-order chi connectivity index (χ0) is 13.7. The van der Waals surface area contributed by atoms with Crippen LogP contribution < -0.4 is 16.0 Å². The molecule has 1 amide bonds. The van der Waals surface area contributed by atoms with E-state index in [0.717, 1.165) is 22.3 Å². The van der Waals surface area contributed by atoms with Crippen LogP contribution in [-0.2, 0) is 11.3 Å². The molecule has 0 unspecified atom stereocenters. The summed E-state index contributed by atoms with van der Waals surface area (Å²) in [7, 11) is 1.90. The Balaban J connectivity index is 3.13. The number of carbonyl (C=O) groups is 1. The maximum atomic E-state index is 11.2. The van der Waals surface area contributed by atoms with Crippen LogP contribution in [-0.4, -0.2) is 25.5 Å². The Hall–Kier alpha value is -1.07. The monoisotopic (exact) mass is 313 g/mol. The summed E-state index contributed by atoms with van der Waals surface area (Å²) in [6, 6.07) is 6.27. The van der Waals surface area contributed by atoms with Gasteiger partial charge in [0.1, 0.15) is 0 Å². The third-order valence-corrected chi connectivity index (χ3v) is 3.16. The number of nitrogens with zero attached hydrogens (tertiary/aromatic N) is 1. The normalized spacial score (nSPS) is 10.7. The van der Waals surface area contributed by atoms with Crippen LogP contribution in [0.15, 0.2) is 22.7 Å². The first-order valence-corrected chi connectivity index (χ1v) is 6.73. The highest BCUT2D eigenvalue weighted by atomic mass is 79.9. The molecule has 0 atom stereocenters. The molecule has 0 fully saturated rings. The summed E-state index contributed by atoms with van der Waals surface area (Å²) in [5, 5.41) is 3.14. The van der Waals surface area contributed by atoms with Crippen molar-refractivity contribution in [1.29, 1.82) is 0 Å². The SMILES string of the molecule is CNCc1cc(Br)ccc1N(CC(N)=O)C(C)C. The summed E-state index contributed by atoms with van der Waals surface area (Å²) in [4.78, 5) is 13.2. The van der Waals surface area contributed by atoms with Gasteiger partial charge in [0.25, 0.3) is 0 Å². The van der Waals surface area contributed by atoms with E-state index in [2.05, 4.69) is 27.3 Å². The number of amides is 1. The number of anilines is 1. The Morgan fingerprint density at radius 2 is 2.17 bits per heavy atom. The number of primary amides is 1. The second kappa shape index (κ2) is 6.75. The van der Waals surface area contributed by atoms with Gasteiger partial charge in [-0.2, -0.15) is 0 Å². The van der Waals surface area contributed by atoms with Crippen molar-refractivity contribution in [2.75, 3.05) is 18.5 Å². The van der Waals surface area contributed by atoms with Gasteiger partial charge < -0.3 is 16.0 Å². The third-order valence-electron chi connectivity index (χ3n) is 2.67. The number of nitrogens with one attached hydrogen (secondary N) is 1. The molecule has 0 aliphatic rings. The van der Waals surface area contributed by atoms with Crippen LogP contribution in [0, 0.1) is 0 Å². The predicted molar refractivity (Wildman–Crippen MR) is 78.6 cm³/mol. The van der Waals surface area contributed by atoms with Gasteiger partial charge in [0.05, 0.1) is 6.54 Å². The van der Waals surface area contributed by atoms with Gasteiger partial charge in [-0.15, -0.1) is 0 Å². The minimum absolute atomic E-state index is 0.217. The molecule has 1 rings (SSSR count). The first-order valence-electron chi connectivity index (χ1n) is 5.93. The summed E-state index contributed by atoms with van der Waals surface area (Å²) < 4.78 is 1.03. The van der Waals surface area contributed by atoms with E-state index in [1.165, 1.54) is 0 Å². The number of nitrogens with two attached hydrogens (primary N) is 1. The zero-order valence-electron chi connectivity index (χ0n) is 11.0. The van der Waals surface area contributed by atoms with Crippen LogP contribution in [0.1, 0.15) is 19.4 Å². The molecule has 0 aliphatic carbocycles. The van der Waals surface area contributed by atoms with Crippen molar-refractivity contribution in [3.05, 3.63) is 28.2 Å². The minimum atomic E-state index is -0.318. The van der Waals surface area contributed by atoms with Gasteiger partial charge in [-0.3, -0.25) is 4.79 Å². The average Bonchev–Trinajstić information content (AvgIpc) is 2.26. The smallest absolute Gasteiger partial charge is 0.236 e. The van der Waals surface area contributed by atoms with Crippen molar-refractivity contribution < 1.29 is 4.79 Å². The second-order valence-corrected chi connectivity index (χ2v) is 5.41. The fraction of sp³-hybridized carbons (Fsp3) is 0.462. The maximum absolute atomic E-state index is 11.2. The lowest BCUT2D eigenvalue weighted by Gasteiger charge is -2.30. The zero-order valence-corrected chi connectivity index (χ0v) is 12.6. The Labute approximate surface area is 117 Å². The molecule has 0 saturated carbocycles. The lowest BCUT2D eigenvalue weighted by atomic mass is 10.1. The van der Waals surface area contributed by atoms with Gasteiger partial charge in [0.2, 0.25) is 5.91 Å². The largest absolute Gasteiger partial charge is 0.368 e. The first kappa shape index (κ1) is 15.0. The fourth-order valence-electron chi connectivity index (χ4n) is 1.88. The van der Waals surface area contributed by atoms with Gasteiger partial charge >= 0.3 is 0 Å². The number of halogens is 1. The topological polar surface area (TPSA) is 58.4 Å². The molecule has 18 heavy (non-hydrogen) atoms. The molecule has 1 aromatic rings. The van der Waals surface area contributed by atoms with Crippen molar-refractivity contribution in [2.24, 2.45) is 5.73 Å². The summed E-state index contributed by atoms with van der Waals surface area (Å²) in [6.45, 7) is 5.08. The number of rotatable bonds is 6. The van der Waals surface area contributed by atoms with Crippen LogP contribution in [0.5, 0.6) is 0 Å². The molecule has 0 bridgehead atoms. The van der Waals surface area contributed by atoms with E-state index in [1.807, 2.05) is 37.9 Å².